The molecule has 0 aromatic heterocycles. The smallest absolute Gasteiger partial charge is 0.123 e. The Morgan fingerprint density at radius 1 is 1.30 bits per heavy atom. The summed E-state index contributed by atoms with van der Waals surface area (Å²) in [4.78, 5) is 2.51. The molecule has 20 heavy (non-hydrogen) atoms. The minimum atomic E-state index is -0.190. The first kappa shape index (κ1) is 15.3. The van der Waals surface area contributed by atoms with E-state index in [1.165, 1.54) is 38.2 Å². The number of nitrogens with zero attached hydrogens (tertiary/aromatic N) is 1. The lowest BCUT2D eigenvalue weighted by Crippen LogP contribution is -2.34. The molecule has 112 valence electrons. The van der Waals surface area contributed by atoms with Crippen molar-refractivity contribution in [1.82, 2.24) is 4.90 Å². The van der Waals surface area contributed by atoms with Crippen LogP contribution < -0.4 is 5.73 Å². The molecule has 1 fully saturated rings. The van der Waals surface area contributed by atoms with E-state index in [1.54, 1.807) is 12.1 Å². The molecule has 1 saturated carbocycles. The molecule has 1 aliphatic carbocycles. The van der Waals surface area contributed by atoms with Crippen molar-refractivity contribution in [2.45, 2.75) is 58.5 Å². The van der Waals surface area contributed by atoms with Crippen LogP contribution in [-0.4, -0.2) is 17.5 Å². The van der Waals surface area contributed by atoms with E-state index < -0.39 is 0 Å². The van der Waals surface area contributed by atoms with Crippen LogP contribution in [0.2, 0.25) is 0 Å². The first-order chi connectivity index (χ1) is 9.56. The topological polar surface area (TPSA) is 29.3 Å². The largest absolute Gasteiger partial charge is 0.398 e. The molecule has 0 spiro atoms. The van der Waals surface area contributed by atoms with Crippen molar-refractivity contribution in [2.75, 3.05) is 12.3 Å². The SMILES string of the molecule is CC(C)CCN(Cc1cc(F)ccc1N)C1CCCC1. The van der Waals surface area contributed by atoms with E-state index in [0.29, 0.717) is 17.6 Å². The molecule has 0 radical (unpaired) electrons. The van der Waals surface area contributed by atoms with Gasteiger partial charge in [-0.3, -0.25) is 4.90 Å². The molecule has 1 aromatic rings. The number of benzene rings is 1. The van der Waals surface area contributed by atoms with Gasteiger partial charge in [-0.25, -0.2) is 4.39 Å². The molecule has 0 saturated heterocycles. The maximum atomic E-state index is 13.4. The van der Waals surface area contributed by atoms with E-state index in [2.05, 4.69) is 18.7 Å². The lowest BCUT2D eigenvalue weighted by Gasteiger charge is -2.30. The third-order valence-corrected chi connectivity index (χ3v) is 4.31. The fourth-order valence-electron chi connectivity index (χ4n) is 3.01. The van der Waals surface area contributed by atoms with Gasteiger partial charge in [0.25, 0.3) is 0 Å². The summed E-state index contributed by atoms with van der Waals surface area (Å²) >= 11 is 0. The van der Waals surface area contributed by atoms with Gasteiger partial charge >= 0.3 is 0 Å². The number of rotatable bonds is 6. The Balaban J connectivity index is 2.07. The van der Waals surface area contributed by atoms with E-state index in [4.69, 9.17) is 5.73 Å². The van der Waals surface area contributed by atoms with Crippen molar-refractivity contribution in [2.24, 2.45) is 5.92 Å². The molecule has 3 heteroatoms. The third-order valence-electron chi connectivity index (χ3n) is 4.31. The van der Waals surface area contributed by atoms with Crippen LogP contribution in [0.15, 0.2) is 18.2 Å². The van der Waals surface area contributed by atoms with Crippen LogP contribution in [0.1, 0.15) is 51.5 Å². The highest BCUT2D eigenvalue weighted by atomic mass is 19.1. The lowest BCUT2D eigenvalue weighted by molar-refractivity contribution is 0.179. The standard InChI is InChI=1S/C17H27FN2/c1-13(2)9-10-20(16-5-3-4-6-16)12-14-11-15(18)7-8-17(14)19/h7-8,11,13,16H,3-6,9-10,12,19H2,1-2H3. The number of anilines is 1. The quantitative estimate of drug-likeness (QED) is 0.790. The summed E-state index contributed by atoms with van der Waals surface area (Å²) in [6.07, 6.45) is 6.37. The Kier molecular flexibility index (Phi) is 5.41. The Morgan fingerprint density at radius 3 is 2.65 bits per heavy atom. The van der Waals surface area contributed by atoms with Crippen LogP contribution in [-0.2, 0) is 6.54 Å². The third kappa shape index (κ3) is 4.20. The Bertz CT molecular complexity index is 425. The molecule has 2 nitrogen and oxygen atoms in total. The molecule has 2 rings (SSSR count). The molecular weight excluding hydrogens is 251 g/mol. The second-order valence-electron chi connectivity index (χ2n) is 6.43. The molecule has 1 aliphatic rings. The fraction of sp³-hybridized carbons (Fsp3) is 0.647. The van der Waals surface area contributed by atoms with Crippen LogP contribution in [0.3, 0.4) is 0 Å². The Morgan fingerprint density at radius 2 is 2.00 bits per heavy atom. The molecule has 0 heterocycles. The minimum Gasteiger partial charge on any atom is -0.398 e. The average molecular weight is 278 g/mol. The van der Waals surface area contributed by atoms with Gasteiger partial charge in [0.2, 0.25) is 0 Å². The highest BCUT2D eigenvalue weighted by molar-refractivity contribution is 5.46. The van der Waals surface area contributed by atoms with E-state index in [1.807, 2.05) is 0 Å². The highest BCUT2D eigenvalue weighted by Crippen LogP contribution is 2.27. The Hall–Kier alpha value is -1.09. The summed E-state index contributed by atoms with van der Waals surface area (Å²) in [6.45, 7) is 6.37. The Labute approximate surface area is 122 Å². The monoisotopic (exact) mass is 278 g/mol. The van der Waals surface area contributed by atoms with Gasteiger partial charge in [-0.15, -0.1) is 0 Å². The van der Waals surface area contributed by atoms with Crippen molar-refractivity contribution in [3.63, 3.8) is 0 Å². The van der Waals surface area contributed by atoms with Gasteiger partial charge in [0.15, 0.2) is 0 Å². The molecular formula is C17H27FN2. The summed E-state index contributed by atoms with van der Waals surface area (Å²) in [6, 6.07) is 5.36. The van der Waals surface area contributed by atoms with Gasteiger partial charge in [-0.1, -0.05) is 26.7 Å². The van der Waals surface area contributed by atoms with Gasteiger partial charge < -0.3 is 5.73 Å². The summed E-state index contributed by atoms with van der Waals surface area (Å²) in [7, 11) is 0. The number of nitrogens with two attached hydrogens (primary N) is 1. The second kappa shape index (κ2) is 7.07. The molecule has 0 unspecified atom stereocenters. The van der Waals surface area contributed by atoms with Gasteiger partial charge in [-0.05, 0) is 55.5 Å². The first-order valence-electron chi connectivity index (χ1n) is 7.84. The normalized spacial score (nSPS) is 16.4. The van der Waals surface area contributed by atoms with E-state index >= 15 is 0 Å². The molecule has 0 atom stereocenters. The number of hydrogen-bond acceptors (Lipinski definition) is 2. The zero-order chi connectivity index (χ0) is 14.5. The van der Waals surface area contributed by atoms with Crippen molar-refractivity contribution in [1.29, 1.82) is 0 Å². The predicted molar refractivity (Wildman–Crippen MR) is 82.9 cm³/mol. The maximum absolute atomic E-state index is 13.4. The average Bonchev–Trinajstić information content (AvgIpc) is 2.92. The van der Waals surface area contributed by atoms with Crippen LogP contribution in [0.5, 0.6) is 0 Å². The summed E-state index contributed by atoms with van der Waals surface area (Å²) in [5.41, 5.74) is 7.64. The predicted octanol–water partition coefficient (Wildman–Crippen LogP) is 4.20. The summed E-state index contributed by atoms with van der Waals surface area (Å²) in [5.74, 6) is 0.508. The van der Waals surface area contributed by atoms with Gasteiger partial charge in [-0.2, -0.15) is 0 Å². The fourth-order valence-corrected chi connectivity index (χ4v) is 3.01. The second-order valence-corrected chi connectivity index (χ2v) is 6.43. The van der Waals surface area contributed by atoms with Crippen LogP contribution in [0.4, 0.5) is 10.1 Å². The number of halogens is 1. The van der Waals surface area contributed by atoms with Crippen molar-refractivity contribution in [3.05, 3.63) is 29.6 Å². The highest BCUT2D eigenvalue weighted by Gasteiger charge is 2.23. The zero-order valence-corrected chi connectivity index (χ0v) is 12.7. The number of nitrogen functional groups attached to an aromatic ring is 1. The molecule has 0 bridgehead atoms. The van der Waals surface area contributed by atoms with Crippen LogP contribution in [0.25, 0.3) is 0 Å². The van der Waals surface area contributed by atoms with Crippen LogP contribution >= 0.6 is 0 Å². The molecule has 0 aliphatic heterocycles. The van der Waals surface area contributed by atoms with Gasteiger partial charge in [0.1, 0.15) is 5.82 Å². The number of hydrogen-bond donors (Lipinski definition) is 1. The molecule has 2 N–H and O–H groups in total. The minimum absolute atomic E-state index is 0.190. The van der Waals surface area contributed by atoms with Gasteiger partial charge in [0.05, 0.1) is 0 Å². The maximum Gasteiger partial charge on any atom is 0.123 e. The van der Waals surface area contributed by atoms with Crippen molar-refractivity contribution >= 4 is 5.69 Å². The van der Waals surface area contributed by atoms with E-state index in [0.717, 1.165) is 18.7 Å². The lowest BCUT2D eigenvalue weighted by atomic mass is 10.1. The first-order valence-corrected chi connectivity index (χ1v) is 7.84. The molecule has 0 amide bonds. The van der Waals surface area contributed by atoms with Crippen LogP contribution in [0, 0.1) is 11.7 Å². The molecule has 1 aromatic carbocycles. The zero-order valence-electron chi connectivity index (χ0n) is 12.7. The van der Waals surface area contributed by atoms with Gasteiger partial charge in [0, 0.05) is 18.3 Å². The summed E-state index contributed by atoms with van der Waals surface area (Å²) in [5, 5.41) is 0. The van der Waals surface area contributed by atoms with Crippen molar-refractivity contribution in [3.8, 4) is 0 Å². The van der Waals surface area contributed by atoms with Crippen molar-refractivity contribution < 1.29 is 4.39 Å². The van der Waals surface area contributed by atoms with E-state index in [-0.39, 0.29) is 5.82 Å². The van der Waals surface area contributed by atoms with E-state index in [9.17, 15) is 4.39 Å². The summed E-state index contributed by atoms with van der Waals surface area (Å²) < 4.78 is 13.4.